The van der Waals surface area contributed by atoms with E-state index >= 15 is 0 Å². The summed E-state index contributed by atoms with van der Waals surface area (Å²) < 4.78 is 142. The van der Waals surface area contributed by atoms with Crippen molar-refractivity contribution in [1.29, 1.82) is 0 Å². The number of hydrogen-bond donors (Lipinski definition) is 0. The quantitative estimate of drug-likeness (QED) is 0.0257. The Hall–Kier alpha value is -3.52. The van der Waals surface area contributed by atoms with E-state index in [4.69, 9.17) is 8.37 Å². The first kappa shape index (κ1) is 49.1. The number of fused-ring (bicyclic) bond motifs is 2. The Kier molecular flexibility index (Phi) is 18.9. The molecule has 60 heavy (non-hydrogen) atoms. The van der Waals surface area contributed by atoms with Gasteiger partial charge in [-0.15, -0.1) is 0 Å². The fraction of sp³-hybridized carbons (Fsp3) is 0.565. The number of alkyl halides is 6. The first-order valence-corrected chi connectivity index (χ1v) is 24.4. The van der Waals surface area contributed by atoms with Crippen molar-refractivity contribution in [3.8, 4) is 22.6 Å². The van der Waals surface area contributed by atoms with Gasteiger partial charge in [0.25, 0.3) is 0 Å². The van der Waals surface area contributed by atoms with Crippen molar-refractivity contribution in [2.24, 2.45) is 0 Å². The molecule has 4 rings (SSSR count). The lowest BCUT2D eigenvalue weighted by Gasteiger charge is -2.20. The van der Waals surface area contributed by atoms with E-state index in [0.717, 1.165) is 74.6 Å². The minimum Gasteiger partial charge on any atom is -0.375 e. The van der Waals surface area contributed by atoms with Gasteiger partial charge in [0.05, 0.1) is 0 Å². The third kappa shape index (κ3) is 14.3. The van der Waals surface area contributed by atoms with E-state index in [1.807, 2.05) is 0 Å². The molecule has 0 atom stereocenters. The molecule has 0 aliphatic heterocycles. The van der Waals surface area contributed by atoms with Crippen LogP contribution in [0.2, 0.25) is 0 Å². The SMILES string of the molecule is CCCCCCCCCCCCc1ccc2c(-c3c(OS(=O)(=O)C(F)(F)F)ccc4cc(CCCCCCCCCCCC)ccc34)c(OS(=O)(=O)C(F)(F)F)ccc2c1. The third-order valence-corrected chi connectivity index (χ3v) is 12.9. The van der Waals surface area contributed by atoms with E-state index in [9.17, 15) is 43.2 Å². The average Bonchev–Trinajstić information content (AvgIpc) is 3.18. The van der Waals surface area contributed by atoms with Crippen molar-refractivity contribution in [3.63, 3.8) is 0 Å². The Morgan fingerprint density at radius 3 is 1.02 bits per heavy atom. The Labute approximate surface area is 352 Å². The molecule has 4 aromatic rings. The molecule has 0 aromatic heterocycles. The summed E-state index contributed by atoms with van der Waals surface area (Å²) in [5, 5.41) is 1.08. The predicted molar refractivity (Wildman–Crippen MR) is 229 cm³/mol. The van der Waals surface area contributed by atoms with Crippen LogP contribution >= 0.6 is 0 Å². The van der Waals surface area contributed by atoms with Crippen LogP contribution in [0.15, 0.2) is 60.7 Å². The van der Waals surface area contributed by atoms with Gasteiger partial charge in [-0.05, 0) is 70.5 Å². The molecule has 0 unspecified atom stereocenters. The normalized spacial score (nSPS) is 12.7. The highest BCUT2D eigenvalue weighted by Crippen LogP contribution is 2.48. The predicted octanol–water partition coefficient (Wildman–Crippen LogP) is 15.0. The smallest absolute Gasteiger partial charge is 0.375 e. The largest absolute Gasteiger partial charge is 0.534 e. The minimum absolute atomic E-state index is 0.118. The summed E-state index contributed by atoms with van der Waals surface area (Å²) in [7, 11) is -12.6. The lowest BCUT2D eigenvalue weighted by Crippen LogP contribution is -2.28. The van der Waals surface area contributed by atoms with Crippen molar-refractivity contribution >= 4 is 41.8 Å². The Bertz CT molecular complexity index is 2030. The van der Waals surface area contributed by atoms with Gasteiger partial charge >= 0.3 is 31.3 Å². The maximum Gasteiger partial charge on any atom is 0.534 e. The van der Waals surface area contributed by atoms with Gasteiger partial charge in [-0.25, -0.2) is 0 Å². The summed E-state index contributed by atoms with van der Waals surface area (Å²) in [6.07, 6.45) is 24.2. The van der Waals surface area contributed by atoms with Gasteiger partial charge in [-0.2, -0.15) is 43.2 Å². The summed E-state index contributed by atoms with van der Waals surface area (Å²) in [4.78, 5) is 0. The van der Waals surface area contributed by atoms with E-state index in [1.54, 1.807) is 24.3 Å². The number of hydrogen-bond acceptors (Lipinski definition) is 6. The molecule has 0 radical (unpaired) electrons. The first-order valence-electron chi connectivity index (χ1n) is 21.6. The van der Waals surface area contributed by atoms with E-state index in [2.05, 4.69) is 13.8 Å². The van der Waals surface area contributed by atoms with Crippen molar-refractivity contribution in [2.45, 2.75) is 166 Å². The second kappa shape index (κ2) is 23.1. The van der Waals surface area contributed by atoms with E-state index in [0.29, 0.717) is 23.6 Å². The van der Waals surface area contributed by atoms with Crippen LogP contribution in [-0.4, -0.2) is 27.9 Å². The zero-order valence-corrected chi connectivity index (χ0v) is 36.5. The van der Waals surface area contributed by atoms with Crippen LogP contribution in [0.1, 0.15) is 153 Å². The summed E-state index contributed by atoms with van der Waals surface area (Å²) in [6, 6.07) is 14.8. The molecule has 4 aromatic carbocycles. The Morgan fingerprint density at radius 2 is 0.717 bits per heavy atom. The first-order chi connectivity index (χ1) is 28.5. The van der Waals surface area contributed by atoms with Gasteiger partial charge < -0.3 is 8.37 Å². The second-order valence-electron chi connectivity index (χ2n) is 15.8. The molecule has 334 valence electrons. The van der Waals surface area contributed by atoms with Crippen LogP contribution in [0.25, 0.3) is 32.7 Å². The monoisotopic (exact) mass is 886 g/mol. The molecule has 0 bridgehead atoms. The topological polar surface area (TPSA) is 86.7 Å². The van der Waals surface area contributed by atoms with Crippen LogP contribution in [0.3, 0.4) is 0 Å². The lowest BCUT2D eigenvalue weighted by atomic mass is 9.90. The summed E-state index contributed by atoms with van der Waals surface area (Å²) in [5.41, 5.74) is -10.7. The number of unbranched alkanes of at least 4 members (excludes halogenated alkanes) is 18. The molecule has 0 N–H and O–H groups in total. The van der Waals surface area contributed by atoms with Crippen LogP contribution in [-0.2, 0) is 33.1 Å². The molecule has 0 fully saturated rings. The van der Waals surface area contributed by atoms with Crippen molar-refractivity contribution < 1.29 is 51.5 Å². The van der Waals surface area contributed by atoms with Gasteiger partial charge in [0.15, 0.2) is 11.5 Å². The standard InChI is InChI=1S/C46H60F6O6S2/c1-3-5-7-9-11-13-15-17-19-21-23-35-25-29-39-37(33-35)27-31-41(57-59(53,54)45(47,48)49)43(39)44-40-30-26-36(24-22-20-18-16-14-12-10-8-6-4-2)34-38(40)28-32-42(44)58-60(55,56)46(50,51)52/h25-34H,3-24H2,1-2H3. The second-order valence-corrected chi connectivity index (χ2v) is 18.9. The maximum absolute atomic E-state index is 13.7. The van der Waals surface area contributed by atoms with Crippen LogP contribution in [0, 0.1) is 0 Å². The van der Waals surface area contributed by atoms with Gasteiger partial charge in [-0.1, -0.05) is 178 Å². The van der Waals surface area contributed by atoms with Gasteiger partial charge in [-0.3, -0.25) is 0 Å². The zero-order valence-electron chi connectivity index (χ0n) is 34.9. The molecule has 0 spiro atoms. The number of rotatable bonds is 27. The molecule has 0 aliphatic rings. The Balaban J connectivity index is 1.70. The summed E-state index contributed by atoms with van der Waals surface area (Å²) in [6.45, 7) is 4.37. The number of aryl methyl sites for hydroxylation is 2. The highest BCUT2D eigenvalue weighted by molar-refractivity contribution is 7.88. The van der Waals surface area contributed by atoms with E-state index < -0.39 is 42.8 Å². The number of halogens is 6. The molecular weight excluding hydrogens is 827 g/mol. The molecule has 0 aliphatic carbocycles. The molecule has 0 saturated heterocycles. The molecule has 0 amide bonds. The van der Waals surface area contributed by atoms with Crippen LogP contribution in [0.5, 0.6) is 11.5 Å². The summed E-state index contributed by atoms with van der Waals surface area (Å²) in [5.74, 6) is -1.73. The fourth-order valence-electron chi connectivity index (χ4n) is 7.65. The average molecular weight is 887 g/mol. The Morgan fingerprint density at radius 1 is 0.417 bits per heavy atom. The highest BCUT2D eigenvalue weighted by atomic mass is 32.2. The molecular formula is C46H60F6O6S2. The molecule has 0 saturated carbocycles. The van der Waals surface area contributed by atoms with Crippen molar-refractivity contribution in [2.75, 3.05) is 0 Å². The maximum atomic E-state index is 13.7. The molecule has 14 heteroatoms. The van der Waals surface area contributed by atoms with Crippen LogP contribution in [0.4, 0.5) is 26.3 Å². The fourth-order valence-corrected chi connectivity index (χ4v) is 8.59. The van der Waals surface area contributed by atoms with Gasteiger partial charge in [0, 0.05) is 11.1 Å². The highest BCUT2D eigenvalue weighted by Gasteiger charge is 2.50. The lowest BCUT2D eigenvalue weighted by molar-refractivity contribution is -0.0505. The van der Waals surface area contributed by atoms with Crippen molar-refractivity contribution in [1.82, 2.24) is 0 Å². The third-order valence-electron chi connectivity index (χ3n) is 10.9. The van der Waals surface area contributed by atoms with Crippen molar-refractivity contribution in [3.05, 3.63) is 71.8 Å². The van der Waals surface area contributed by atoms with E-state index in [-0.39, 0.29) is 21.9 Å². The number of benzene rings is 4. The molecule has 6 nitrogen and oxygen atoms in total. The van der Waals surface area contributed by atoms with Crippen LogP contribution < -0.4 is 8.37 Å². The zero-order chi connectivity index (χ0) is 43.8. The molecule has 0 heterocycles. The summed E-state index contributed by atoms with van der Waals surface area (Å²) >= 11 is 0. The van der Waals surface area contributed by atoms with E-state index in [1.165, 1.54) is 101 Å². The van der Waals surface area contributed by atoms with Gasteiger partial charge in [0.2, 0.25) is 0 Å². The minimum atomic E-state index is -6.28. The van der Waals surface area contributed by atoms with Gasteiger partial charge in [0.1, 0.15) is 0 Å².